The van der Waals surface area contributed by atoms with E-state index >= 15 is 0 Å². The lowest BCUT2D eigenvalue weighted by Crippen LogP contribution is -2.56. The van der Waals surface area contributed by atoms with E-state index in [1.807, 2.05) is 0 Å². The Kier molecular flexibility index (Phi) is 4.47. The van der Waals surface area contributed by atoms with Crippen LogP contribution in [-0.4, -0.2) is 48.6 Å². The van der Waals surface area contributed by atoms with Crippen molar-refractivity contribution in [2.24, 2.45) is 0 Å². The van der Waals surface area contributed by atoms with Crippen LogP contribution in [0.5, 0.6) is 0 Å². The fourth-order valence-corrected chi connectivity index (χ4v) is 3.80. The van der Waals surface area contributed by atoms with Gasteiger partial charge in [-0.05, 0) is 19.3 Å². The average Bonchev–Trinajstić information content (AvgIpc) is 2.71. The molecule has 1 atom stereocenters. The Hall–Kier alpha value is -0.870. The zero-order valence-corrected chi connectivity index (χ0v) is 11.0. The quantitative estimate of drug-likeness (QED) is 0.783. The van der Waals surface area contributed by atoms with Crippen LogP contribution < -0.4 is 4.72 Å². The third kappa shape index (κ3) is 3.37. The SMILES string of the molecule is CCC1(C(=O)O)CCCN1S(=O)(=O)NCC(F)(F)F. The molecule has 0 amide bonds. The second-order valence-corrected chi connectivity index (χ2v) is 5.99. The van der Waals surface area contributed by atoms with Crippen LogP contribution in [0, 0.1) is 0 Å². The zero-order chi connectivity index (χ0) is 14.9. The number of nitrogens with one attached hydrogen (secondary N) is 1. The molecule has 1 heterocycles. The summed E-state index contributed by atoms with van der Waals surface area (Å²) in [6.07, 6.45) is -4.31. The molecule has 2 N–H and O–H groups in total. The summed E-state index contributed by atoms with van der Waals surface area (Å²) < 4.78 is 61.8. The number of nitrogens with zero attached hydrogens (tertiary/aromatic N) is 1. The fraction of sp³-hybridized carbons (Fsp3) is 0.889. The maximum Gasteiger partial charge on any atom is 0.402 e. The summed E-state index contributed by atoms with van der Waals surface area (Å²) in [6.45, 7) is -0.329. The van der Waals surface area contributed by atoms with E-state index in [9.17, 15) is 26.4 Å². The van der Waals surface area contributed by atoms with Gasteiger partial charge >= 0.3 is 12.1 Å². The molecule has 10 heteroatoms. The van der Waals surface area contributed by atoms with Crippen molar-refractivity contribution in [2.75, 3.05) is 13.1 Å². The highest BCUT2D eigenvalue weighted by atomic mass is 32.2. The Labute approximate surface area is 108 Å². The summed E-state index contributed by atoms with van der Waals surface area (Å²) in [6, 6.07) is 0. The summed E-state index contributed by atoms with van der Waals surface area (Å²) in [4.78, 5) is 11.3. The van der Waals surface area contributed by atoms with E-state index in [1.165, 1.54) is 11.6 Å². The van der Waals surface area contributed by atoms with Crippen molar-refractivity contribution in [1.29, 1.82) is 0 Å². The average molecular weight is 304 g/mol. The smallest absolute Gasteiger partial charge is 0.402 e. The number of halogens is 3. The first-order valence-electron chi connectivity index (χ1n) is 5.63. The maximum absolute atomic E-state index is 12.0. The molecule has 0 aromatic carbocycles. The van der Waals surface area contributed by atoms with Crippen molar-refractivity contribution in [1.82, 2.24) is 9.03 Å². The molecule has 19 heavy (non-hydrogen) atoms. The molecule has 1 unspecified atom stereocenters. The van der Waals surface area contributed by atoms with Gasteiger partial charge in [-0.2, -0.15) is 30.6 Å². The molecule has 1 saturated heterocycles. The topological polar surface area (TPSA) is 86.7 Å². The van der Waals surface area contributed by atoms with Crippen LogP contribution >= 0.6 is 0 Å². The largest absolute Gasteiger partial charge is 0.480 e. The van der Waals surface area contributed by atoms with Gasteiger partial charge in [0.15, 0.2) is 0 Å². The fourth-order valence-electron chi connectivity index (χ4n) is 2.17. The van der Waals surface area contributed by atoms with Crippen molar-refractivity contribution in [2.45, 2.75) is 37.9 Å². The highest BCUT2D eigenvalue weighted by molar-refractivity contribution is 7.87. The number of carboxylic acid groups (broad SMARTS) is 1. The van der Waals surface area contributed by atoms with E-state index in [2.05, 4.69) is 0 Å². The van der Waals surface area contributed by atoms with Crippen LogP contribution in [0.4, 0.5) is 13.2 Å². The van der Waals surface area contributed by atoms with Gasteiger partial charge in [-0.25, -0.2) is 0 Å². The Bertz CT molecular complexity index is 451. The highest BCUT2D eigenvalue weighted by Crippen LogP contribution is 2.34. The molecule has 1 rings (SSSR count). The van der Waals surface area contributed by atoms with Gasteiger partial charge in [-0.15, -0.1) is 0 Å². The molecule has 6 nitrogen and oxygen atoms in total. The minimum absolute atomic E-state index is 0.00470. The molecular weight excluding hydrogens is 289 g/mol. The van der Waals surface area contributed by atoms with Gasteiger partial charge in [0.05, 0.1) is 0 Å². The number of hydrogen-bond acceptors (Lipinski definition) is 3. The third-order valence-corrected chi connectivity index (χ3v) is 4.78. The zero-order valence-electron chi connectivity index (χ0n) is 10.2. The first-order valence-corrected chi connectivity index (χ1v) is 7.07. The first kappa shape index (κ1) is 16.2. The summed E-state index contributed by atoms with van der Waals surface area (Å²) in [5.74, 6) is -1.34. The van der Waals surface area contributed by atoms with Crippen LogP contribution in [0.2, 0.25) is 0 Å². The van der Waals surface area contributed by atoms with Crippen molar-refractivity contribution in [3.8, 4) is 0 Å². The molecule has 0 aromatic rings. The van der Waals surface area contributed by atoms with Gasteiger partial charge in [0.25, 0.3) is 10.2 Å². The van der Waals surface area contributed by atoms with Crippen molar-refractivity contribution < 1.29 is 31.5 Å². The standard InChI is InChI=1S/C9H15F3N2O4S/c1-2-8(7(15)16)4-3-5-14(8)19(17,18)13-6-9(10,11)12/h13H,2-6H2,1H3,(H,15,16). The summed E-state index contributed by atoms with van der Waals surface area (Å²) in [5.41, 5.74) is -1.66. The van der Waals surface area contributed by atoms with E-state index in [1.54, 1.807) is 0 Å². The second kappa shape index (κ2) is 5.25. The van der Waals surface area contributed by atoms with Gasteiger partial charge in [0.2, 0.25) is 0 Å². The second-order valence-electron chi connectivity index (χ2n) is 4.31. The van der Waals surface area contributed by atoms with E-state index in [0.29, 0.717) is 10.7 Å². The Morgan fingerprint density at radius 1 is 1.47 bits per heavy atom. The van der Waals surface area contributed by atoms with Crippen LogP contribution in [0.1, 0.15) is 26.2 Å². The van der Waals surface area contributed by atoms with Gasteiger partial charge in [0.1, 0.15) is 12.1 Å². The van der Waals surface area contributed by atoms with Crippen LogP contribution in [-0.2, 0) is 15.0 Å². The predicted octanol–water partition coefficient (Wildman–Crippen LogP) is 0.712. The highest BCUT2D eigenvalue weighted by Gasteiger charge is 2.52. The van der Waals surface area contributed by atoms with Crippen molar-refractivity contribution in [3.63, 3.8) is 0 Å². The molecule has 1 aliphatic heterocycles. The first-order chi connectivity index (χ1) is 8.55. The Morgan fingerprint density at radius 3 is 2.47 bits per heavy atom. The third-order valence-electron chi connectivity index (χ3n) is 3.16. The minimum atomic E-state index is -4.69. The van der Waals surface area contributed by atoms with Crippen LogP contribution in [0.3, 0.4) is 0 Å². The summed E-state index contributed by atoms with van der Waals surface area (Å²) in [5, 5.41) is 9.17. The molecule has 0 aromatic heterocycles. The van der Waals surface area contributed by atoms with E-state index in [4.69, 9.17) is 5.11 Å². The van der Waals surface area contributed by atoms with Gasteiger partial charge in [-0.1, -0.05) is 6.92 Å². The molecular formula is C9H15F3N2O4S. The monoisotopic (exact) mass is 304 g/mol. The maximum atomic E-state index is 12.0. The van der Waals surface area contributed by atoms with E-state index in [-0.39, 0.29) is 19.4 Å². The van der Waals surface area contributed by atoms with Crippen molar-refractivity contribution in [3.05, 3.63) is 0 Å². The predicted molar refractivity (Wildman–Crippen MR) is 59.6 cm³/mol. The summed E-state index contributed by atoms with van der Waals surface area (Å²) >= 11 is 0. The number of aliphatic carboxylic acids is 1. The lowest BCUT2D eigenvalue weighted by Gasteiger charge is -2.32. The molecule has 0 radical (unpaired) electrons. The molecule has 1 fully saturated rings. The van der Waals surface area contributed by atoms with Gasteiger partial charge < -0.3 is 5.11 Å². The van der Waals surface area contributed by atoms with Gasteiger partial charge in [0, 0.05) is 6.54 Å². The number of rotatable bonds is 5. The lowest BCUT2D eigenvalue weighted by molar-refractivity contribution is -0.147. The number of carbonyl (C=O) groups is 1. The number of alkyl halides is 3. The minimum Gasteiger partial charge on any atom is -0.480 e. The van der Waals surface area contributed by atoms with Crippen LogP contribution in [0.15, 0.2) is 0 Å². The van der Waals surface area contributed by atoms with E-state index in [0.717, 1.165) is 0 Å². The summed E-state index contributed by atoms with van der Waals surface area (Å²) in [7, 11) is -4.48. The van der Waals surface area contributed by atoms with E-state index < -0.39 is 34.4 Å². The number of hydrogen-bond donors (Lipinski definition) is 2. The Morgan fingerprint density at radius 2 is 2.05 bits per heavy atom. The lowest BCUT2D eigenvalue weighted by atomic mass is 9.95. The normalized spacial score (nSPS) is 25.7. The molecule has 0 bridgehead atoms. The Balaban J connectivity index is 2.97. The number of carboxylic acids is 1. The van der Waals surface area contributed by atoms with Crippen LogP contribution in [0.25, 0.3) is 0 Å². The molecule has 1 aliphatic rings. The molecule has 0 saturated carbocycles. The molecule has 0 spiro atoms. The van der Waals surface area contributed by atoms with Crippen molar-refractivity contribution >= 4 is 16.2 Å². The molecule has 0 aliphatic carbocycles. The van der Waals surface area contributed by atoms with Gasteiger partial charge in [-0.3, -0.25) is 4.79 Å². The molecule has 112 valence electrons.